The molecule has 1 aromatic carbocycles. The van der Waals surface area contributed by atoms with Crippen LogP contribution in [0.25, 0.3) is 10.6 Å². The molecule has 0 aliphatic heterocycles. The summed E-state index contributed by atoms with van der Waals surface area (Å²) in [5.41, 5.74) is 3.18. The topological polar surface area (TPSA) is 50.7 Å². The highest BCUT2D eigenvalue weighted by atomic mass is 32.1. The van der Waals surface area contributed by atoms with Gasteiger partial charge in [-0.25, -0.2) is 4.98 Å². The Labute approximate surface area is 113 Å². The summed E-state index contributed by atoms with van der Waals surface area (Å²) >= 11 is 3.01. The largest absolute Gasteiger partial charge is 0.379 e. The highest BCUT2D eigenvalue weighted by molar-refractivity contribution is 7.13. The standard InChI is InChI=1S/C12H10N4S2/c1-3-10(14-7-11-8-18-16-15-11)4-2-9(1)12-13-5-6-17-12/h1-6,8,14H,7H2. The summed E-state index contributed by atoms with van der Waals surface area (Å²) in [5, 5.41) is 12.3. The molecule has 6 heteroatoms. The van der Waals surface area contributed by atoms with Crippen molar-refractivity contribution in [2.45, 2.75) is 6.54 Å². The monoisotopic (exact) mass is 274 g/mol. The molecule has 90 valence electrons. The van der Waals surface area contributed by atoms with Gasteiger partial charge in [-0.15, -0.1) is 16.4 Å². The zero-order valence-electron chi connectivity index (χ0n) is 9.41. The molecule has 0 fully saturated rings. The Morgan fingerprint density at radius 2 is 2.06 bits per heavy atom. The van der Waals surface area contributed by atoms with Crippen molar-refractivity contribution in [3.05, 3.63) is 46.9 Å². The first-order valence-corrected chi connectivity index (χ1v) is 7.13. The average Bonchev–Trinajstić information content (AvgIpc) is 3.10. The molecule has 0 saturated carbocycles. The van der Waals surface area contributed by atoms with Crippen LogP contribution < -0.4 is 5.32 Å². The van der Waals surface area contributed by atoms with E-state index < -0.39 is 0 Å². The molecule has 0 radical (unpaired) electrons. The van der Waals surface area contributed by atoms with E-state index in [1.165, 1.54) is 11.5 Å². The van der Waals surface area contributed by atoms with E-state index in [1.54, 1.807) is 11.3 Å². The molecule has 0 bridgehead atoms. The lowest BCUT2D eigenvalue weighted by Gasteiger charge is -2.04. The van der Waals surface area contributed by atoms with Crippen molar-refractivity contribution in [2.24, 2.45) is 0 Å². The summed E-state index contributed by atoms with van der Waals surface area (Å²) in [6.45, 7) is 0.701. The Balaban J connectivity index is 1.68. The fraction of sp³-hybridized carbons (Fsp3) is 0.0833. The summed E-state index contributed by atoms with van der Waals surface area (Å²) in [7, 11) is 0. The molecule has 1 N–H and O–H groups in total. The summed E-state index contributed by atoms with van der Waals surface area (Å²) in [6, 6.07) is 8.24. The number of nitrogens with zero attached hydrogens (tertiary/aromatic N) is 3. The molecule has 4 nitrogen and oxygen atoms in total. The number of rotatable bonds is 4. The van der Waals surface area contributed by atoms with Gasteiger partial charge in [-0.2, -0.15) is 0 Å². The van der Waals surface area contributed by atoms with Gasteiger partial charge in [0.2, 0.25) is 0 Å². The first kappa shape index (κ1) is 11.3. The second-order valence-corrected chi connectivity index (χ2v) is 5.17. The quantitative estimate of drug-likeness (QED) is 0.793. The molecule has 0 amide bonds. The van der Waals surface area contributed by atoms with Crippen molar-refractivity contribution in [1.29, 1.82) is 0 Å². The van der Waals surface area contributed by atoms with Crippen LogP contribution in [0.15, 0.2) is 41.2 Å². The van der Waals surface area contributed by atoms with Gasteiger partial charge in [0, 0.05) is 28.2 Å². The molecule has 0 atom stereocenters. The normalized spacial score (nSPS) is 10.4. The third kappa shape index (κ3) is 2.55. The van der Waals surface area contributed by atoms with Crippen LogP contribution in [0, 0.1) is 0 Å². The van der Waals surface area contributed by atoms with E-state index in [0.717, 1.165) is 22.0 Å². The van der Waals surface area contributed by atoms with E-state index in [1.807, 2.05) is 17.0 Å². The highest BCUT2D eigenvalue weighted by Crippen LogP contribution is 2.23. The Morgan fingerprint density at radius 1 is 1.17 bits per heavy atom. The van der Waals surface area contributed by atoms with Gasteiger partial charge >= 0.3 is 0 Å². The Kier molecular flexibility index (Phi) is 3.29. The minimum Gasteiger partial charge on any atom is -0.379 e. The van der Waals surface area contributed by atoms with E-state index in [-0.39, 0.29) is 0 Å². The van der Waals surface area contributed by atoms with Gasteiger partial charge in [-0.05, 0) is 35.8 Å². The molecule has 0 aliphatic rings. The minimum absolute atomic E-state index is 0.701. The summed E-state index contributed by atoms with van der Waals surface area (Å²) in [5.74, 6) is 0. The SMILES string of the molecule is c1csc(-c2ccc(NCc3csnn3)cc2)n1. The van der Waals surface area contributed by atoms with Crippen LogP contribution in [0.1, 0.15) is 5.69 Å². The molecule has 2 heterocycles. The van der Waals surface area contributed by atoms with Crippen LogP contribution >= 0.6 is 22.9 Å². The molecule has 0 spiro atoms. The lowest BCUT2D eigenvalue weighted by molar-refractivity contribution is 0.999. The average molecular weight is 274 g/mol. The number of thiazole rings is 1. The molecule has 3 aromatic rings. The minimum atomic E-state index is 0.701. The second-order valence-electron chi connectivity index (χ2n) is 3.66. The third-order valence-corrected chi connectivity index (χ3v) is 3.82. The predicted molar refractivity (Wildman–Crippen MR) is 74.8 cm³/mol. The van der Waals surface area contributed by atoms with Crippen LogP contribution in [0.3, 0.4) is 0 Å². The summed E-state index contributed by atoms with van der Waals surface area (Å²) < 4.78 is 3.83. The molecule has 2 aromatic heterocycles. The van der Waals surface area contributed by atoms with Crippen LogP contribution in [0.5, 0.6) is 0 Å². The Morgan fingerprint density at radius 3 is 2.72 bits per heavy atom. The first-order chi connectivity index (χ1) is 8.92. The fourth-order valence-electron chi connectivity index (χ4n) is 1.55. The molecule has 3 rings (SSSR count). The smallest absolute Gasteiger partial charge is 0.123 e. The third-order valence-electron chi connectivity index (χ3n) is 2.44. The highest BCUT2D eigenvalue weighted by Gasteiger charge is 2.00. The second kappa shape index (κ2) is 5.24. The zero-order chi connectivity index (χ0) is 12.2. The molecule has 0 saturated heterocycles. The van der Waals surface area contributed by atoms with Gasteiger partial charge in [0.05, 0.1) is 12.2 Å². The van der Waals surface area contributed by atoms with Crippen molar-refractivity contribution >= 4 is 28.6 Å². The Hall–Kier alpha value is -1.79. The molecular formula is C12H10N4S2. The van der Waals surface area contributed by atoms with Gasteiger partial charge in [0.1, 0.15) is 5.01 Å². The van der Waals surface area contributed by atoms with E-state index in [4.69, 9.17) is 0 Å². The molecule has 18 heavy (non-hydrogen) atoms. The van der Waals surface area contributed by atoms with Crippen LogP contribution in [0.4, 0.5) is 5.69 Å². The van der Waals surface area contributed by atoms with Crippen molar-refractivity contribution in [1.82, 2.24) is 14.6 Å². The fourth-order valence-corrected chi connectivity index (χ4v) is 2.65. The summed E-state index contributed by atoms with van der Waals surface area (Å²) in [4.78, 5) is 4.28. The van der Waals surface area contributed by atoms with Crippen LogP contribution in [-0.2, 0) is 6.54 Å². The lowest BCUT2D eigenvalue weighted by atomic mass is 10.2. The number of anilines is 1. The van der Waals surface area contributed by atoms with Crippen molar-refractivity contribution in [3.63, 3.8) is 0 Å². The maximum absolute atomic E-state index is 4.28. The van der Waals surface area contributed by atoms with Gasteiger partial charge in [0.25, 0.3) is 0 Å². The van der Waals surface area contributed by atoms with Gasteiger partial charge in [-0.3, -0.25) is 0 Å². The lowest BCUT2D eigenvalue weighted by Crippen LogP contribution is -1.99. The van der Waals surface area contributed by atoms with E-state index >= 15 is 0 Å². The summed E-state index contributed by atoms with van der Waals surface area (Å²) in [6.07, 6.45) is 1.82. The van der Waals surface area contributed by atoms with E-state index in [9.17, 15) is 0 Å². The number of benzene rings is 1. The van der Waals surface area contributed by atoms with Crippen LogP contribution in [-0.4, -0.2) is 14.6 Å². The van der Waals surface area contributed by atoms with E-state index in [0.29, 0.717) is 6.54 Å². The maximum atomic E-state index is 4.28. The number of hydrogen-bond donors (Lipinski definition) is 1. The van der Waals surface area contributed by atoms with E-state index in [2.05, 4.69) is 44.2 Å². The number of aromatic nitrogens is 3. The number of nitrogens with one attached hydrogen (secondary N) is 1. The Bertz CT molecular complexity index is 588. The molecular weight excluding hydrogens is 264 g/mol. The number of hydrogen-bond acceptors (Lipinski definition) is 6. The van der Waals surface area contributed by atoms with Crippen molar-refractivity contribution in [2.75, 3.05) is 5.32 Å². The van der Waals surface area contributed by atoms with Crippen molar-refractivity contribution in [3.8, 4) is 10.6 Å². The first-order valence-electron chi connectivity index (χ1n) is 5.41. The van der Waals surface area contributed by atoms with Crippen molar-refractivity contribution < 1.29 is 0 Å². The van der Waals surface area contributed by atoms with Gasteiger partial charge in [-0.1, -0.05) is 4.49 Å². The zero-order valence-corrected chi connectivity index (χ0v) is 11.0. The van der Waals surface area contributed by atoms with Gasteiger partial charge < -0.3 is 5.32 Å². The molecule has 0 unspecified atom stereocenters. The predicted octanol–water partition coefficient (Wildman–Crippen LogP) is 3.27. The maximum Gasteiger partial charge on any atom is 0.123 e. The van der Waals surface area contributed by atoms with Crippen LogP contribution in [0.2, 0.25) is 0 Å². The van der Waals surface area contributed by atoms with Gasteiger partial charge in [0.15, 0.2) is 0 Å². The molecule has 0 aliphatic carbocycles.